The molecule has 0 aliphatic rings. The average molecular weight is 286 g/mol. The predicted molar refractivity (Wildman–Crippen MR) is 80.0 cm³/mol. The number of nitrogens with one attached hydrogen (secondary N) is 1. The second-order valence-electron chi connectivity index (χ2n) is 5.10. The van der Waals surface area contributed by atoms with Crippen molar-refractivity contribution in [2.24, 2.45) is 7.05 Å². The number of aryl methyl sites for hydroxylation is 1. The standard InChI is InChI=1S/C14H18N6O/c1-4-10(5-2)20-13-12(18-14(20)21)15-7-11(17-13)9-6-16-19(3)8-9/h6-8,10H,4-5H2,1-3H3,(H,15,18,21). The third kappa shape index (κ3) is 2.24. The van der Waals surface area contributed by atoms with Crippen molar-refractivity contribution in [2.75, 3.05) is 0 Å². The molecule has 3 aromatic heterocycles. The molecular weight excluding hydrogens is 268 g/mol. The number of hydrogen-bond donors (Lipinski definition) is 1. The smallest absolute Gasteiger partial charge is 0.289 e. The molecule has 0 saturated carbocycles. The Morgan fingerprint density at radius 2 is 2.05 bits per heavy atom. The van der Waals surface area contributed by atoms with E-state index in [1.165, 1.54) is 0 Å². The summed E-state index contributed by atoms with van der Waals surface area (Å²) in [4.78, 5) is 23.9. The minimum Gasteiger partial charge on any atom is -0.289 e. The molecule has 0 aliphatic heterocycles. The first-order valence-corrected chi connectivity index (χ1v) is 7.10. The highest BCUT2D eigenvalue weighted by Crippen LogP contribution is 2.21. The molecule has 0 radical (unpaired) electrons. The number of H-pyrrole nitrogens is 1. The van der Waals surface area contributed by atoms with E-state index >= 15 is 0 Å². The van der Waals surface area contributed by atoms with Crippen molar-refractivity contribution in [2.45, 2.75) is 32.7 Å². The van der Waals surface area contributed by atoms with Gasteiger partial charge in [0.05, 0.1) is 18.1 Å². The topological polar surface area (TPSA) is 81.4 Å². The van der Waals surface area contributed by atoms with Crippen molar-refractivity contribution < 1.29 is 0 Å². The first kappa shape index (κ1) is 13.5. The van der Waals surface area contributed by atoms with Gasteiger partial charge in [-0.25, -0.2) is 14.8 Å². The van der Waals surface area contributed by atoms with Crippen molar-refractivity contribution in [3.8, 4) is 11.3 Å². The molecule has 0 amide bonds. The van der Waals surface area contributed by atoms with E-state index in [9.17, 15) is 4.79 Å². The summed E-state index contributed by atoms with van der Waals surface area (Å²) in [5.41, 5.74) is 2.59. The van der Waals surface area contributed by atoms with Gasteiger partial charge < -0.3 is 0 Å². The molecular formula is C14H18N6O. The summed E-state index contributed by atoms with van der Waals surface area (Å²) in [7, 11) is 1.85. The number of fused-ring (bicyclic) bond motifs is 1. The molecule has 0 aromatic carbocycles. The third-order valence-corrected chi connectivity index (χ3v) is 3.73. The van der Waals surface area contributed by atoms with Crippen LogP contribution in [0.1, 0.15) is 32.7 Å². The summed E-state index contributed by atoms with van der Waals surface area (Å²) in [5.74, 6) is 0. The van der Waals surface area contributed by atoms with Crippen LogP contribution in [0.15, 0.2) is 23.4 Å². The normalized spacial score (nSPS) is 11.6. The number of rotatable bonds is 4. The van der Waals surface area contributed by atoms with Gasteiger partial charge in [-0.05, 0) is 12.8 Å². The second kappa shape index (κ2) is 5.16. The van der Waals surface area contributed by atoms with Gasteiger partial charge in [0.2, 0.25) is 0 Å². The van der Waals surface area contributed by atoms with E-state index in [0.29, 0.717) is 17.0 Å². The van der Waals surface area contributed by atoms with E-state index < -0.39 is 0 Å². The van der Waals surface area contributed by atoms with Gasteiger partial charge in [0.15, 0.2) is 11.3 Å². The third-order valence-electron chi connectivity index (χ3n) is 3.73. The van der Waals surface area contributed by atoms with Gasteiger partial charge in [0, 0.05) is 24.8 Å². The SMILES string of the molecule is CCC(CC)n1c(=O)[nH]c2ncc(-c3cnn(C)c3)nc21. The first-order valence-electron chi connectivity index (χ1n) is 7.10. The van der Waals surface area contributed by atoms with Gasteiger partial charge in [-0.3, -0.25) is 14.2 Å². The lowest BCUT2D eigenvalue weighted by atomic mass is 10.2. The molecule has 0 spiro atoms. The van der Waals surface area contributed by atoms with Crippen molar-refractivity contribution in [1.29, 1.82) is 0 Å². The number of hydrogen-bond acceptors (Lipinski definition) is 4. The van der Waals surface area contributed by atoms with Crippen LogP contribution >= 0.6 is 0 Å². The summed E-state index contributed by atoms with van der Waals surface area (Å²) in [5, 5.41) is 4.14. The van der Waals surface area contributed by atoms with E-state index in [1.54, 1.807) is 21.6 Å². The first-order chi connectivity index (χ1) is 10.1. The van der Waals surface area contributed by atoms with Crippen molar-refractivity contribution >= 4 is 11.3 Å². The van der Waals surface area contributed by atoms with Crippen molar-refractivity contribution in [1.82, 2.24) is 29.3 Å². The van der Waals surface area contributed by atoms with Crippen LogP contribution in [-0.4, -0.2) is 29.3 Å². The van der Waals surface area contributed by atoms with E-state index in [1.807, 2.05) is 13.2 Å². The zero-order chi connectivity index (χ0) is 15.0. The Balaban J connectivity index is 2.20. The van der Waals surface area contributed by atoms with Crippen LogP contribution < -0.4 is 5.69 Å². The largest absolute Gasteiger partial charge is 0.329 e. The van der Waals surface area contributed by atoms with Gasteiger partial charge in [0.1, 0.15) is 0 Å². The molecule has 3 aromatic rings. The van der Waals surface area contributed by atoms with Crippen LogP contribution in [0, 0.1) is 0 Å². The number of nitrogens with zero attached hydrogens (tertiary/aromatic N) is 5. The molecule has 0 unspecified atom stereocenters. The second-order valence-corrected chi connectivity index (χ2v) is 5.10. The molecule has 0 fully saturated rings. The molecule has 0 aliphatic carbocycles. The molecule has 21 heavy (non-hydrogen) atoms. The highest BCUT2D eigenvalue weighted by molar-refractivity contribution is 5.70. The molecule has 0 bridgehead atoms. The Hall–Kier alpha value is -2.44. The van der Waals surface area contributed by atoms with Crippen LogP contribution in [0.25, 0.3) is 22.6 Å². The number of aromatic nitrogens is 6. The molecule has 3 rings (SSSR count). The van der Waals surface area contributed by atoms with Crippen LogP contribution in [0.5, 0.6) is 0 Å². The lowest BCUT2D eigenvalue weighted by Gasteiger charge is -2.13. The average Bonchev–Trinajstić information content (AvgIpc) is 3.04. The number of imidazole rings is 1. The van der Waals surface area contributed by atoms with Crippen LogP contribution in [0.2, 0.25) is 0 Å². The molecule has 0 atom stereocenters. The van der Waals surface area contributed by atoms with Gasteiger partial charge in [-0.1, -0.05) is 13.8 Å². The van der Waals surface area contributed by atoms with Crippen molar-refractivity contribution in [3.05, 3.63) is 29.1 Å². The molecule has 7 nitrogen and oxygen atoms in total. The maximum absolute atomic E-state index is 12.2. The Kier molecular flexibility index (Phi) is 3.32. The minimum atomic E-state index is -0.151. The lowest BCUT2D eigenvalue weighted by molar-refractivity contribution is 0.469. The van der Waals surface area contributed by atoms with Crippen LogP contribution in [-0.2, 0) is 7.05 Å². The zero-order valence-electron chi connectivity index (χ0n) is 12.4. The maximum atomic E-state index is 12.2. The Morgan fingerprint density at radius 3 is 2.67 bits per heavy atom. The van der Waals surface area contributed by atoms with E-state index in [0.717, 1.165) is 18.4 Å². The molecule has 3 heterocycles. The maximum Gasteiger partial charge on any atom is 0.329 e. The molecule has 110 valence electrons. The monoisotopic (exact) mass is 286 g/mol. The highest BCUT2D eigenvalue weighted by atomic mass is 16.1. The Bertz CT molecular complexity index is 823. The fraction of sp³-hybridized carbons (Fsp3) is 0.429. The molecule has 0 saturated heterocycles. The Morgan fingerprint density at radius 1 is 1.29 bits per heavy atom. The van der Waals surface area contributed by atoms with Gasteiger partial charge in [0.25, 0.3) is 0 Å². The minimum absolute atomic E-state index is 0.129. The predicted octanol–water partition coefficient (Wildman–Crippen LogP) is 1.88. The fourth-order valence-electron chi connectivity index (χ4n) is 2.58. The lowest BCUT2D eigenvalue weighted by Crippen LogP contribution is -2.21. The van der Waals surface area contributed by atoms with E-state index in [4.69, 9.17) is 0 Å². The molecule has 1 N–H and O–H groups in total. The van der Waals surface area contributed by atoms with E-state index in [2.05, 4.69) is 33.9 Å². The summed E-state index contributed by atoms with van der Waals surface area (Å²) in [6, 6.07) is 0.129. The number of aromatic amines is 1. The van der Waals surface area contributed by atoms with Crippen molar-refractivity contribution in [3.63, 3.8) is 0 Å². The highest BCUT2D eigenvalue weighted by Gasteiger charge is 2.17. The summed E-state index contributed by atoms with van der Waals surface area (Å²) in [6.45, 7) is 4.13. The summed E-state index contributed by atoms with van der Waals surface area (Å²) < 4.78 is 3.43. The van der Waals surface area contributed by atoms with Gasteiger partial charge in [-0.2, -0.15) is 5.10 Å². The van der Waals surface area contributed by atoms with Crippen LogP contribution in [0.4, 0.5) is 0 Å². The zero-order valence-corrected chi connectivity index (χ0v) is 12.4. The fourth-order valence-corrected chi connectivity index (χ4v) is 2.58. The van der Waals surface area contributed by atoms with Gasteiger partial charge >= 0.3 is 5.69 Å². The molecule has 7 heteroatoms. The summed E-state index contributed by atoms with van der Waals surface area (Å²) >= 11 is 0. The van der Waals surface area contributed by atoms with E-state index in [-0.39, 0.29) is 11.7 Å². The van der Waals surface area contributed by atoms with Gasteiger partial charge in [-0.15, -0.1) is 0 Å². The quantitative estimate of drug-likeness (QED) is 0.794. The Labute approximate surface area is 121 Å². The van der Waals surface area contributed by atoms with Crippen LogP contribution in [0.3, 0.4) is 0 Å². The summed E-state index contributed by atoms with van der Waals surface area (Å²) in [6.07, 6.45) is 7.03.